The Labute approximate surface area is 187 Å². The van der Waals surface area contributed by atoms with Crippen molar-refractivity contribution in [1.29, 1.82) is 0 Å². The van der Waals surface area contributed by atoms with Crippen molar-refractivity contribution in [1.82, 2.24) is 5.32 Å². The Morgan fingerprint density at radius 3 is 2.83 bits per heavy atom. The number of fused-ring (bicyclic) bond motifs is 1. The van der Waals surface area contributed by atoms with Crippen LogP contribution in [0, 0.1) is 0 Å². The maximum absolute atomic E-state index is 11.5. The number of aliphatic hydroxyl groups is 2. The third-order valence-corrected chi connectivity index (χ3v) is 5.25. The molecule has 3 rings (SSSR count). The van der Waals surface area contributed by atoms with Crippen molar-refractivity contribution in [2.24, 2.45) is 0 Å². The Morgan fingerprint density at radius 1 is 1.30 bits per heavy atom. The lowest BCUT2D eigenvalue weighted by molar-refractivity contribution is -0.145. The van der Waals surface area contributed by atoms with E-state index in [-0.39, 0.29) is 25.1 Å². The molecule has 0 aromatic heterocycles. The number of benzene rings is 2. The zero-order valence-corrected chi connectivity index (χ0v) is 18.3. The number of esters is 1. The predicted octanol–water partition coefficient (Wildman–Crippen LogP) is 3.38. The van der Waals surface area contributed by atoms with Gasteiger partial charge in [0.05, 0.1) is 18.8 Å². The summed E-state index contributed by atoms with van der Waals surface area (Å²) in [5.41, 5.74) is 2.55. The molecule has 0 amide bonds. The average Bonchev–Trinajstić information content (AvgIpc) is 2.72. The fraction of sp³-hybridized carbons (Fsp3) is 0.409. The second-order valence-electron chi connectivity index (χ2n) is 7.02. The molecule has 3 N–H and O–H groups in total. The topological polar surface area (TPSA) is 88.0 Å². The average molecular weight is 456 g/mol. The summed E-state index contributed by atoms with van der Waals surface area (Å²) in [6.45, 7) is 2.18. The first-order valence-corrected chi connectivity index (χ1v) is 10.1. The number of halogens is 2. The van der Waals surface area contributed by atoms with Gasteiger partial charge in [0.25, 0.3) is 0 Å². The minimum absolute atomic E-state index is 0. The van der Waals surface area contributed by atoms with Gasteiger partial charge in [0.2, 0.25) is 0 Å². The van der Waals surface area contributed by atoms with Gasteiger partial charge < -0.3 is 25.0 Å². The number of hydrogen-bond donors (Lipinski definition) is 3. The zero-order valence-electron chi connectivity index (χ0n) is 16.7. The first-order valence-electron chi connectivity index (χ1n) is 9.74. The van der Waals surface area contributed by atoms with Crippen LogP contribution in [0.5, 0.6) is 5.75 Å². The lowest BCUT2D eigenvalue weighted by Crippen LogP contribution is -2.40. The van der Waals surface area contributed by atoms with Gasteiger partial charge in [0.1, 0.15) is 5.75 Å². The van der Waals surface area contributed by atoms with Crippen LogP contribution >= 0.6 is 24.0 Å². The molecule has 0 radical (unpaired) electrons. The maximum atomic E-state index is 11.5. The molecule has 164 valence electrons. The van der Waals surface area contributed by atoms with Crippen molar-refractivity contribution in [2.75, 3.05) is 19.8 Å². The fourth-order valence-corrected chi connectivity index (χ4v) is 3.70. The van der Waals surface area contributed by atoms with Crippen molar-refractivity contribution in [2.45, 2.75) is 38.0 Å². The van der Waals surface area contributed by atoms with Gasteiger partial charge in [0, 0.05) is 17.6 Å². The molecule has 3 atom stereocenters. The second-order valence-corrected chi connectivity index (χ2v) is 7.46. The summed E-state index contributed by atoms with van der Waals surface area (Å²) in [5, 5.41) is 25.1. The molecule has 1 aliphatic rings. The number of carbonyl (C=O) groups is 1. The largest absolute Gasteiger partial charge is 0.482 e. The number of hydrogen-bond acceptors (Lipinski definition) is 6. The molecule has 2 unspecified atom stereocenters. The number of carbonyl (C=O) groups excluding carboxylic acids is 1. The van der Waals surface area contributed by atoms with Crippen LogP contribution in [0.15, 0.2) is 42.5 Å². The lowest BCUT2D eigenvalue weighted by Gasteiger charge is -2.32. The summed E-state index contributed by atoms with van der Waals surface area (Å²) in [4.78, 5) is 11.5. The van der Waals surface area contributed by atoms with Gasteiger partial charge in [0.15, 0.2) is 6.61 Å². The standard InChI is InChI=1S/C22H26ClNO5.ClH/c1-2-28-21(26)13-29-17-8-6-14-7-9-19(22(27)18(14)11-17)24-12-20(25)15-4-3-5-16(23)10-15;/h3-6,8,10-11,19-20,22,24-25,27H,2,7,9,12-13H2,1H3;1H/t19?,20-,22?;/m1./s1. The van der Waals surface area contributed by atoms with Crippen LogP contribution in [-0.2, 0) is 16.0 Å². The van der Waals surface area contributed by atoms with Gasteiger partial charge in [-0.1, -0.05) is 29.8 Å². The van der Waals surface area contributed by atoms with Gasteiger partial charge in [-0.3, -0.25) is 0 Å². The summed E-state index contributed by atoms with van der Waals surface area (Å²) in [6.07, 6.45) is 0.0903. The Kier molecular flexibility index (Phi) is 9.39. The minimum atomic E-state index is -0.739. The highest BCUT2D eigenvalue weighted by molar-refractivity contribution is 6.30. The molecular formula is C22H27Cl2NO5. The molecule has 30 heavy (non-hydrogen) atoms. The van der Waals surface area contributed by atoms with Crippen LogP contribution in [0.2, 0.25) is 5.02 Å². The number of nitrogens with one attached hydrogen (secondary N) is 1. The summed E-state index contributed by atoms with van der Waals surface area (Å²) in [5.74, 6) is 0.0794. The highest BCUT2D eigenvalue weighted by atomic mass is 35.5. The normalized spacial score (nSPS) is 18.7. The summed E-state index contributed by atoms with van der Waals surface area (Å²) >= 11 is 5.98. The van der Waals surface area contributed by atoms with Crippen LogP contribution in [0.25, 0.3) is 0 Å². The molecule has 1 aliphatic carbocycles. The lowest BCUT2D eigenvalue weighted by atomic mass is 9.85. The minimum Gasteiger partial charge on any atom is -0.482 e. The highest BCUT2D eigenvalue weighted by Crippen LogP contribution is 2.33. The van der Waals surface area contributed by atoms with Crippen LogP contribution in [0.4, 0.5) is 0 Å². The van der Waals surface area contributed by atoms with Crippen LogP contribution in [0.3, 0.4) is 0 Å². The van der Waals surface area contributed by atoms with Crippen LogP contribution < -0.4 is 10.1 Å². The molecule has 0 aliphatic heterocycles. The Morgan fingerprint density at radius 2 is 2.10 bits per heavy atom. The van der Waals surface area contributed by atoms with E-state index < -0.39 is 18.2 Å². The molecule has 2 aromatic rings. The monoisotopic (exact) mass is 455 g/mol. The Bertz CT molecular complexity index is 848. The molecule has 0 spiro atoms. The summed E-state index contributed by atoms with van der Waals surface area (Å²) in [6, 6.07) is 12.4. The zero-order chi connectivity index (χ0) is 20.8. The number of rotatable bonds is 8. The van der Waals surface area contributed by atoms with E-state index in [2.05, 4.69) is 5.32 Å². The third-order valence-electron chi connectivity index (χ3n) is 5.01. The SMILES string of the molecule is CCOC(=O)COc1ccc2c(c1)C(O)C(NC[C@@H](O)c1cccc(Cl)c1)CC2.Cl. The van der Waals surface area contributed by atoms with E-state index in [4.69, 9.17) is 21.1 Å². The molecule has 8 heteroatoms. The van der Waals surface area contributed by atoms with Crippen LogP contribution in [-0.4, -0.2) is 42.0 Å². The first-order chi connectivity index (χ1) is 14.0. The van der Waals surface area contributed by atoms with Crippen molar-refractivity contribution in [3.05, 3.63) is 64.2 Å². The molecule has 2 aromatic carbocycles. The molecule has 0 fully saturated rings. The first kappa shape index (κ1) is 24.4. The third kappa shape index (κ3) is 6.33. The van der Waals surface area contributed by atoms with E-state index in [0.717, 1.165) is 29.5 Å². The fourth-order valence-electron chi connectivity index (χ4n) is 3.50. The molecule has 0 saturated carbocycles. The smallest absolute Gasteiger partial charge is 0.344 e. The second kappa shape index (κ2) is 11.5. The highest BCUT2D eigenvalue weighted by Gasteiger charge is 2.28. The van der Waals surface area contributed by atoms with Gasteiger partial charge >= 0.3 is 5.97 Å². The maximum Gasteiger partial charge on any atom is 0.344 e. The number of ether oxygens (including phenoxy) is 2. The van der Waals surface area contributed by atoms with Gasteiger partial charge in [-0.2, -0.15) is 0 Å². The summed E-state index contributed by atoms with van der Waals surface area (Å²) < 4.78 is 10.3. The summed E-state index contributed by atoms with van der Waals surface area (Å²) in [7, 11) is 0. The number of aryl methyl sites for hydroxylation is 1. The number of aliphatic hydroxyl groups excluding tert-OH is 2. The van der Waals surface area contributed by atoms with Crippen LogP contribution in [0.1, 0.15) is 42.2 Å². The predicted molar refractivity (Wildman–Crippen MR) is 117 cm³/mol. The molecule has 6 nitrogen and oxygen atoms in total. The molecule has 0 bridgehead atoms. The van der Waals surface area contributed by atoms with E-state index in [1.807, 2.05) is 12.1 Å². The van der Waals surface area contributed by atoms with Crippen molar-refractivity contribution >= 4 is 30.0 Å². The Hall–Kier alpha value is -1.83. The van der Waals surface area contributed by atoms with E-state index >= 15 is 0 Å². The van der Waals surface area contributed by atoms with E-state index in [1.165, 1.54) is 0 Å². The van der Waals surface area contributed by atoms with Crippen molar-refractivity contribution < 1.29 is 24.5 Å². The van der Waals surface area contributed by atoms with E-state index in [9.17, 15) is 15.0 Å². The van der Waals surface area contributed by atoms with Crippen molar-refractivity contribution in [3.63, 3.8) is 0 Å². The molecular weight excluding hydrogens is 429 g/mol. The van der Waals surface area contributed by atoms with E-state index in [0.29, 0.717) is 23.9 Å². The van der Waals surface area contributed by atoms with E-state index in [1.54, 1.807) is 37.3 Å². The molecule has 0 saturated heterocycles. The molecule has 0 heterocycles. The quantitative estimate of drug-likeness (QED) is 0.528. The van der Waals surface area contributed by atoms with Gasteiger partial charge in [-0.05, 0) is 60.7 Å². The van der Waals surface area contributed by atoms with Gasteiger partial charge in [-0.25, -0.2) is 4.79 Å². The van der Waals surface area contributed by atoms with Gasteiger partial charge in [-0.15, -0.1) is 12.4 Å². The van der Waals surface area contributed by atoms with Crippen molar-refractivity contribution in [3.8, 4) is 5.75 Å². The Balaban J connectivity index is 0.00000320.